The molecule has 0 bridgehead atoms. The normalized spacial score (nSPS) is 11.5. The lowest BCUT2D eigenvalue weighted by molar-refractivity contribution is 1.15. The van der Waals surface area contributed by atoms with E-state index in [2.05, 4.69) is 97.6 Å². The standard InChI is InChI=1S/C24H19NS.2C2H6/c1-16-10-12-21-23(14-16)26-24-15-17(2)11-13-22(24)25(21)20-9-5-7-18-6-3-4-8-19(18)20;2*1-2/h3-15H,1-2H3;2*1-2H3. The molecule has 0 atom stereocenters. The first kappa shape index (κ1) is 22.0. The Morgan fingerprint density at radius 1 is 0.567 bits per heavy atom. The highest BCUT2D eigenvalue weighted by atomic mass is 32.2. The number of fused-ring (bicyclic) bond motifs is 3. The van der Waals surface area contributed by atoms with E-state index in [-0.39, 0.29) is 0 Å². The molecule has 4 aromatic carbocycles. The van der Waals surface area contributed by atoms with Crippen molar-refractivity contribution in [3.8, 4) is 0 Å². The lowest BCUT2D eigenvalue weighted by atomic mass is 10.1. The van der Waals surface area contributed by atoms with Crippen LogP contribution in [0.3, 0.4) is 0 Å². The van der Waals surface area contributed by atoms with Crippen LogP contribution in [-0.4, -0.2) is 0 Å². The maximum Gasteiger partial charge on any atom is 0.0602 e. The monoisotopic (exact) mass is 413 g/mol. The Kier molecular flexibility index (Phi) is 7.23. The van der Waals surface area contributed by atoms with Crippen LogP contribution >= 0.6 is 11.8 Å². The molecule has 154 valence electrons. The largest absolute Gasteiger partial charge is 0.308 e. The Labute approximate surface area is 185 Å². The summed E-state index contributed by atoms with van der Waals surface area (Å²) >= 11 is 1.87. The Morgan fingerprint density at radius 3 is 1.70 bits per heavy atom. The van der Waals surface area contributed by atoms with Crippen LogP contribution in [0.15, 0.2) is 88.7 Å². The summed E-state index contributed by atoms with van der Waals surface area (Å²) in [7, 11) is 0. The summed E-state index contributed by atoms with van der Waals surface area (Å²) < 4.78 is 0. The third kappa shape index (κ3) is 4.11. The van der Waals surface area contributed by atoms with Gasteiger partial charge in [0.1, 0.15) is 0 Å². The molecule has 0 radical (unpaired) electrons. The Morgan fingerprint density at radius 2 is 1.10 bits per heavy atom. The van der Waals surface area contributed by atoms with E-state index in [1.807, 2.05) is 39.5 Å². The molecule has 0 aliphatic carbocycles. The molecule has 4 aromatic rings. The second-order valence-corrected chi connectivity index (χ2v) is 7.96. The van der Waals surface area contributed by atoms with Crippen molar-refractivity contribution in [2.24, 2.45) is 0 Å². The van der Waals surface area contributed by atoms with Crippen LogP contribution in [0.4, 0.5) is 17.1 Å². The molecule has 1 aliphatic heterocycles. The SMILES string of the molecule is CC.CC.Cc1ccc2c(c1)Sc1cc(C)ccc1N2c1cccc2ccccc12. The second kappa shape index (κ2) is 9.86. The summed E-state index contributed by atoms with van der Waals surface area (Å²) in [5, 5.41) is 2.55. The maximum atomic E-state index is 2.42. The molecule has 0 fully saturated rings. The first-order chi connectivity index (χ1) is 14.7. The molecule has 0 amide bonds. The lowest BCUT2D eigenvalue weighted by Crippen LogP contribution is -2.15. The van der Waals surface area contributed by atoms with Crippen LogP contribution in [-0.2, 0) is 0 Å². The van der Waals surface area contributed by atoms with Crippen molar-refractivity contribution in [1.82, 2.24) is 0 Å². The molecule has 30 heavy (non-hydrogen) atoms. The maximum absolute atomic E-state index is 2.42. The third-order valence-electron chi connectivity index (χ3n) is 4.94. The molecule has 0 unspecified atom stereocenters. The zero-order valence-corrected chi connectivity index (χ0v) is 19.7. The van der Waals surface area contributed by atoms with Gasteiger partial charge in [0.15, 0.2) is 0 Å². The minimum Gasteiger partial charge on any atom is -0.308 e. The summed E-state index contributed by atoms with van der Waals surface area (Å²) in [6, 6.07) is 28.7. The van der Waals surface area contributed by atoms with Crippen LogP contribution in [0.25, 0.3) is 10.8 Å². The van der Waals surface area contributed by atoms with E-state index in [0.29, 0.717) is 0 Å². The van der Waals surface area contributed by atoms with Crippen molar-refractivity contribution in [3.63, 3.8) is 0 Å². The molecule has 0 saturated carbocycles. The van der Waals surface area contributed by atoms with E-state index in [9.17, 15) is 0 Å². The number of anilines is 3. The van der Waals surface area contributed by atoms with Gasteiger partial charge >= 0.3 is 0 Å². The van der Waals surface area contributed by atoms with Gasteiger partial charge in [-0.2, -0.15) is 0 Å². The average Bonchev–Trinajstić information content (AvgIpc) is 2.79. The smallest absolute Gasteiger partial charge is 0.0602 e. The van der Waals surface area contributed by atoms with Gasteiger partial charge < -0.3 is 4.90 Å². The molecule has 1 nitrogen and oxygen atoms in total. The molecule has 0 saturated heterocycles. The number of hydrogen-bond acceptors (Lipinski definition) is 2. The van der Waals surface area contributed by atoms with E-state index in [1.165, 1.54) is 48.8 Å². The summed E-state index contributed by atoms with van der Waals surface area (Å²) in [6.45, 7) is 12.3. The van der Waals surface area contributed by atoms with Gasteiger partial charge in [0.05, 0.1) is 17.1 Å². The van der Waals surface area contributed by atoms with Gasteiger partial charge in [-0.25, -0.2) is 0 Å². The fraction of sp³-hybridized carbons (Fsp3) is 0.214. The van der Waals surface area contributed by atoms with E-state index >= 15 is 0 Å². The van der Waals surface area contributed by atoms with Gasteiger partial charge in [-0.1, -0.05) is 88.0 Å². The van der Waals surface area contributed by atoms with Crippen LogP contribution in [0, 0.1) is 13.8 Å². The van der Waals surface area contributed by atoms with Gasteiger partial charge in [0.25, 0.3) is 0 Å². The quantitative estimate of drug-likeness (QED) is 0.269. The zero-order chi connectivity index (χ0) is 21.7. The minimum atomic E-state index is 1.23. The van der Waals surface area contributed by atoms with Crippen molar-refractivity contribution < 1.29 is 0 Å². The first-order valence-corrected chi connectivity index (χ1v) is 11.7. The van der Waals surface area contributed by atoms with Gasteiger partial charge in [-0.3, -0.25) is 0 Å². The second-order valence-electron chi connectivity index (χ2n) is 6.88. The molecule has 0 N–H and O–H groups in total. The van der Waals surface area contributed by atoms with Crippen molar-refractivity contribution >= 4 is 39.6 Å². The van der Waals surface area contributed by atoms with E-state index in [1.54, 1.807) is 0 Å². The number of benzene rings is 4. The predicted octanol–water partition coefficient (Wildman–Crippen LogP) is 9.44. The summed E-state index contributed by atoms with van der Waals surface area (Å²) in [6.07, 6.45) is 0. The Balaban J connectivity index is 0.000000606. The number of hydrogen-bond donors (Lipinski definition) is 0. The number of rotatable bonds is 1. The van der Waals surface area contributed by atoms with Crippen molar-refractivity contribution in [2.75, 3.05) is 4.90 Å². The van der Waals surface area contributed by atoms with E-state index in [0.717, 1.165) is 0 Å². The molecule has 5 rings (SSSR count). The van der Waals surface area contributed by atoms with Crippen LogP contribution < -0.4 is 4.90 Å². The molecule has 2 heteroatoms. The van der Waals surface area contributed by atoms with Gasteiger partial charge in [-0.15, -0.1) is 0 Å². The fourth-order valence-electron chi connectivity index (χ4n) is 3.69. The van der Waals surface area contributed by atoms with Gasteiger partial charge in [0.2, 0.25) is 0 Å². The highest BCUT2D eigenvalue weighted by Gasteiger charge is 2.25. The minimum absolute atomic E-state index is 1.23. The molecule has 1 aliphatic rings. The zero-order valence-electron chi connectivity index (χ0n) is 18.9. The molecular weight excluding hydrogens is 382 g/mol. The summed E-state index contributed by atoms with van der Waals surface area (Å²) in [5.74, 6) is 0. The molecular formula is C28H31NS. The van der Waals surface area contributed by atoms with E-state index in [4.69, 9.17) is 0 Å². The van der Waals surface area contributed by atoms with E-state index < -0.39 is 0 Å². The molecule has 0 spiro atoms. The van der Waals surface area contributed by atoms with Crippen molar-refractivity contribution in [3.05, 3.63) is 90.0 Å². The van der Waals surface area contributed by atoms with Gasteiger partial charge in [0, 0.05) is 15.2 Å². The summed E-state index contributed by atoms with van der Waals surface area (Å²) in [4.78, 5) is 5.05. The van der Waals surface area contributed by atoms with Crippen LogP contribution in [0.2, 0.25) is 0 Å². The Bertz CT molecular complexity index is 1090. The van der Waals surface area contributed by atoms with Crippen molar-refractivity contribution in [2.45, 2.75) is 51.3 Å². The fourth-order valence-corrected chi connectivity index (χ4v) is 4.94. The van der Waals surface area contributed by atoms with Gasteiger partial charge in [-0.05, 0) is 60.7 Å². The van der Waals surface area contributed by atoms with Crippen molar-refractivity contribution in [1.29, 1.82) is 0 Å². The Hall–Kier alpha value is -2.71. The van der Waals surface area contributed by atoms with Crippen LogP contribution in [0.5, 0.6) is 0 Å². The first-order valence-electron chi connectivity index (χ1n) is 10.9. The topological polar surface area (TPSA) is 3.24 Å². The number of nitrogens with zero attached hydrogens (tertiary/aromatic N) is 1. The third-order valence-corrected chi connectivity index (χ3v) is 6.03. The molecule has 0 aromatic heterocycles. The lowest BCUT2D eigenvalue weighted by Gasteiger charge is -2.34. The highest BCUT2D eigenvalue weighted by molar-refractivity contribution is 7.99. The van der Waals surface area contributed by atoms with Crippen LogP contribution in [0.1, 0.15) is 38.8 Å². The highest BCUT2D eigenvalue weighted by Crippen LogP contribution is 2.52. The molecule has 1 heterocycles. The number of aryl methyl sites for hydroxylation is 2. The average molecular weight is 414 g/mol. The summed E-state index contributed by atoms with van der Waals surface area (Å²) in [5.41, 5.74) is 6.34. The predicted molar refractivity (Wildman–Crippen MR) is 135 cm³/mol.